The quantitative estimate of drug-likeness (QED) is 0.823. The summed E-state index contributed by atoms with van der Waals surface area (Å²) in [6.07, 6.45) is -1.60. The summed E-state index contributed by atoms with van der Waals surface area (Å²) in [6.45, 7) is 0. The first-order valence-corrected chi connectivity index (χ1v) is 4.31. The van der Waals surface area contributed by atoms with Gasteiger partial charge < -0.3 is 4.74 Å². The van der Waals surface area contributed by atoms with E-state index < -0.39 is 12.1 Å². The molecule has 0 bridgehead atoms. The maximum absolute atomic E-state index is 12.4. The van der Waals surface area contributed by atoms with Gasteiger partial charge in [-0.3, -0.25) is 4.98 Å². The van der Waals surface area contributed by atoms with E-state index in [-0.39, 0.29) is 11.3 Å². The predicted octanol–water partition coefficient (Wildman–Crippen LogP) is 2.66. The lowest BCUT2D eigenvalue weighted by molar-refractivity contribution is 0.145. The van der Waals surface area contributed by atoms with Crippen LogP contribution in [0.1, 0.15) is 17.7 Å². The van der Waals surface area contributed by atoms with Crippen molar-refractivity contribution >= 4 is 15.9 Å². The van der Waals surface area contributed by atoms with Crippen LogP contribution in [0.2, 0.25) is 0 Å². The van der Waals surface area contributed by atoms with Gasteiger partial charge in [0.2, 0.25) is 0 Å². The molecule has 14 heavy (non-hydrogen) atoms. The summed E-state index contributed by atoms with van der Waals surface area (Å²) in [5.41, 5.74) is -0.801. The molecule has 0 saturated heterocycles. The Bertz CT molecular complexity index is 390. The topological polar surface area (TPSA) is 45.9 Å². The van der Waals surface area contributed by atoms with Crippen LogP contribution in [0.5, 0.6) is 5.75 Å². The molecule has 1 aromatic rings. The van der Waals surface area contributed by atoms with Crippen LogP contribution >= 0.6 is 15.9 Å². The molecule has 0 atom stereocenters. The van der Waals surface area contributed by atoms with Crippen LogP contribution in [0.15, 0.2) is 10.7 Å². The Kier molecular flexibility index (Phi) is 3.36. The van der Waals surface area contributed by atoms with Gasteiger partial charge in [0.05, 0.1) is 11.6 Å². The van der Waals surface area contributed by atoms with Gasteiger partial charge in [0.25, 0.3) is 6.43 Å². The fourth-order valence-electron chi connectivity index (χ4n) is 0.958. The van der Waals surface area contributed by atoms with Crippen LogP contribution in [0.4, 0.5) is 8.78 Å². The molecule has 1 aromatic heterocycles. The van der Waals surface area contributed by atoms with E-state index in [4.69, 9.17) is 10.00 Å². The third-order valence-electron chi connectivity index (χ3n) is 1.54. The second-order valence-corrected chi connectivity index (χ2v) is 3.17. The number of hydrogen-bond donors (Lipinski definition) is 0. The molecule has 1 heterocycles. The lowest BCUT2D eigenvalue weighted by Crippen LogP contribution is -1.99. The maximum Gasteiger partial charge on any atom is 0.281 e. The van der Waals surface area contributed by atoms with Gasteiger partial charge in [-0.25, -0.2) is 8.78 Å². The highest BCUT2D eigenvalue weighted by Crippen LogP contribution is 2.33. The molecule has 6 heteroatoms. The second kappa shape index (κ2) is 4.33. The van der Waals surface area contributed by atoms with E-state index in [9.17, 15) is 8.78 Å². The third-order valence-corrected chi connectivity index (χ3v) is 2.10. The zero-order chi connectivity index (χ0) is 10.7. The van der Waals surface area contributed by atoms with Gasteiger partial charge in [0.1, 0.15) is 17.3 Å². The normalized spacial score (nSPS) is 10.0. The highest BCUT2D eigenvalue weighted by atomic mass is 79.9. The molecule has 0 unspecified atom stereocenters. The summed E-state index contributed by atoms with van der Waals surface area (Å²) in [5.74, 6) is 0.0813. The zero-order valence-electron chi connectivity index (χ0n) is 7.09. The van der Waals surface area contributed by atoms with Gasteiger partial charge in [-0.15, -0.1) is 0 Å². The highest BCUT2D eigenvalue weighted by molar-refractivity contribution is 9.10. The van der Waals surface area contributed by atoms with Crippen molar-refractivity contribution in [1.82, 2.24) is 4.98 Å². The van der Waals surface area contributed by atoms with Crippen LogP contribution in [-0.2, 0) is 0 Å². The van der Waals surface area contributed by atoms with E-state index in [1.165, 1.54) is 13.3 Å². The summed E-state index contributed by atoms with van der Waals surface area (Å²) in [7, 11) is 1.30. The summed E-state index contributed by atoms with van der Waals surface area (Å²) in [4.78, 5) is 3.46. The van der Waals surface area contributed by atoms with Crippen molar-refractivity contribution in [3.63, 3.8) is 0 Å². The summed E-state index contributed by atoms with van der Waals surface area (Å²) in [6, 6.07) is 1.64. The van der Waals surface area contributed by atoms with Crippen LogP contribution in [-0.4, -0.2) is 12.1 Å². The molecule has 0 N–H and O–H groups in total. The van der Waals surface area contributed by atoms with Crippen LogP contribution in [0.3, 0.4) is 0 Å². The second-order valence-electron chi connectivity index (χ2n) is 2.31. The monoisotopic (exact) mass is 262 g/mol. The first kappa shape index (κ1) is 10.9. The molecule has 0 aromatic carbocycles. The number of nitriles is 1. The van der Waals surface area contributed by atoms with Crippen molar-refractivity contribution < 1.29 is 13.5 Å². The minimum Gasteiger partial charge on any atom is -0.494 e. The SMILES string of the molecule is COc1c(Br)cnc(C(F)F)c1C#N. The molecule has 74 valence electrons. The van der Waals surface area contributed by atoms with E-state index in [0.29, 0.717) is 4.47 Å². The Morgan fingerprint density at radius 3 is 2.71 bits per heavy atom. The van der Waals surface area contributed by atoms with Gasteiger partial charge in [-0.1, -0.05) is 0 Å². The number of hydrogen-bond acceptors (Lipinski definition) is 3. The summed E-state index contributed by atoms with van der Waals surface area (Å²) in [5, 5.41) is 8.68. The standard InChI is InChI=1S/C8H5BrF2N2O/c1-14-7-4(2-12)6(8(10)11)13-3-5(7)9/h3,8H,1H3. The van der Waals surface area contributed by atoms with Crippen molar-refractivity contribution in [2.45, 2.75) is 6.43 Å². The van der Waals surface area contributed by atoms with Gasteiger partial charge in [0.15, 0.2) is 5.75 Å². The van der Waals surface area contributed by atoms with E-state index in [1.807, 2.05) is 0 Å². The Hall–Kier alpha value is -1.22. The molecule has 0 saturated carbocycles. The number of rotatable bonds is 2. The van der Waals surface area contributed by atoms with Crippen molar-refractivity contribution in [1.29, 1.82) is 5.26 Å². The van der Waals surface area contributed by atoms with Crippen LogP contribution in [0.25, 0.3) is 0 Å². The Morgan fingerprint density at radius 1 is 1.64 bits per heavy atom. The lowest BCUT2D eigenvalue weighted by atomic mass is 10.2. The first-order chi connectivity index (χ1) is 6.61. The molecule has 0 aliphatic heterocycles. The smallest absolute Gasteiger partial charge is 0.281 e. The zero-order valence-corrected chi connectivity index (χ0v) is 8.68. The molecule has 0 amide bonds. The maximum atomic E-state index is 12.4. The molecule has 0 aliphatic carbocycles. The highest BCUT2D eigenvalue weighted by Gasteiger charge is 2.20. The average molecular weight is 263 g/mol. The van der Waals surface area contributed by atoms with Crippen LogP contribution in [0, 0.1) is 11.3 Å². The molecular weight excluding hydrogens is 258 g/mol. The van der Waals surface area contributed by atoms with Crippen molar-refractivity contribution in [2.75, 3.05) is 7.11 Å². The minimum atomic E-state index is -2.79. The van der Waals surface area contributed by atoms with Crippen molar-refractivity contribution in [3.05, 3.63) is 21.9 Å². The molecule has 0 fully saturated rings. The lowest BCUT2D eigenvalue weighted by Gasteiger charge is -2.08. The first-order valence-electron chi connectivity index (χ1n) is 3.52. The third kappa shape index (κ3) is 1.82. The molecule has 0 radical (unpaired) electrons. The summed E-state index contributed by atoms with van der Waals surface area (Å²) < 4.78 is 29.9. The molecule has 3 nitrogen and oxygen atoms in total. The van der Waals surface area contributed by atoms with E-state index >= 15 is 0 Å². The van der Waals surface area contributed by atoms with Crippen molar-refractivity contribution in [3.8, 4) is 11.8 Å². The van der Waals surface area contributed by atoms with Gasteiger partial charge in [-0.05, 0) is 15.9 Å². The number of halogens is 3. The molecule has 0 aliphatic rings. The number of alkyl halides is 2. The van der Waals surface area contributed by atoms with Crippen LogP contribution < -0.4 is 4.74 Å². The molecule has 1 rings (SSSR count). The largest absolute Gasteiger partial charge is 0.494 e. The van der Waals surface area contributed by atoms with E-state index in [2.05, 4.69) is 20.9 Å². The predicted molar refractivity (Wildman–Crippen MR) is 48.2 cm³/mol. The number of ether oxygens (including phenoxy) is 1. The molecule has 0 spiro atoms. The van der Waals surface area contributed by atoms with Gasteiger partial charge in [-0.2, -0.15) is 5.26 Å². The number of pyridine rings is 1. The fourth-order valence-corrected chi connectivity index (χ4v) is 1.42. The van der Waals surface area contributed by atoms with Gasteiger partial charge >= 0.3 is 0 Å². The Labute approximate surface area is 87.5 Å². The minimum absolute atomic E-state index is 0.0813. The average Bonchev–Trinajstić information content (AvgIpc) is 2.16. The number of nitrogens with zero attached hydrogens (tertiary/aromatic N) is 2. The van der Waals surface area contributed by atoms with Crippen molar-refractivity contribution in [2.24, 2.45) is 0 Å². The molecular formula is C8H5BrF2N2O. The van der Waals surface area contributed by atoms with E-state index in [1.54, 1.807) is 6.07 Å². The van der Waals surface area contributed by atoms with E-state index in [0.717, 1.165) is 0 Å². The number of aromatic nitrogens is 1. The Morgan fingerprint density at radius 2 is 2.29 bits per heavy atom. The number of methoxy groups -OCH3 is 1. The van der Waals surface area contributed by atoms with Gasteiger partial charge in [0, 0.05) is 6.20 Å². The Balaban J connectivity index is 3.43. The summed E-state index contributed by atoms with van der Waals surface area (Å²) >= 11 is 3.05. The fraction of sp³-hybridized carbons (Fsp3) is 0.250.